The molecule has 4 rings (SSSR count). The summed E-state index contributed by atoms with van der Waals surface area (Å²) in [5, 5.41) is 16.0. The number of aliphatic hydroxyl groups excluding tert-OH is 1. The van der Waals surface area contributed by atoms with Crippen LogP contribution in [-0.4, -0.2) is 53.5 Å². The highest BCUT2D eigenvalue weighted by Gasteiger charge is 2.31. The Morgan fingerprint density at radius 1 is 0.949 bits per heavy atom. The molecule has 1 heterocycles. The smallest absolute Gasteiger partial charge is 0.489 e. The molecular formula is C28H28F3N3O5. The van der Waals surface area contributed by atoms with Crippen molar-refractivity contribution in [3.63, 3.8) is 0 Å². The van der Waals surface area contributed by atoms with E-state index < -0.39 is 36.2 Å². The molecule has 0 saturated carbocycles. The van der Waals surface area contributed by atoms with Crippen molar-refractivity contribution in [3.05, 3.63) is 90.0 Å². The SMILES string of the molecule is O=C(N[C@@H]1CN(C(=O)Nc2ccc(OC(F)(F)F)cc2)CCC[C@H]1O)c1ccc(OCc2ccccc2)cc1. The Balaban J connectivity index is 1.32. The molecule has 3 aromatic carbocycles. The van der Waals surface area contributed by atoms with Crippen LogP contribution >= 0.6 is 0 Å². The maximum Gasteiger partial charge on any atom is 0.573 e. The van der Waals surface area contributed by atoms with E-state index in [1.54, 1.807) is 24.3 Å². The van der Waals surface area contributed by atoms with Gasteiger partial charge in [-0.3, -0.25) is 4.79 Å². The number of benzene rings is 3. The fourth-order valence-corrected chi connectivity index (χ4v) is 4.11. The van der Waals surface area contributed by atoms with Gasteiger partial charge in [0.2, 0.25) is 0 Å². The molecule has 0 aromatic heterocycles. The molecule has 1 aliphatic rings. The zero-order valence-corrected chi connectivity index (χ0v) is 20.9. The molecular weight excluding hydrogens is 515 g/mol. The van der Waals surface area contributed by atoms with Crippen LogP contribution in [0, 0.1) is 0 Å². The van der Waals surface area contributed by atoms with Crippen LogP contribution in [0.4, 0.5) is 23.7 Å². The summed E-state index contributed by atoms with van der Waals surface area (Å²) in [4.78, 5) is 27.2. The molecule has 11 heteroatoms. The van der Waals surface area contributed by atoms with Gasteiger partial charge in [0.25, 0.3) is 5.91 Å². The van der Waals surface area contributed by atoms with Crippen LogP contribution in [-0.2, 0) is 6.61 Å². The molecule has 3 aromatic rings. The largest absolute Gasteiger partial charge is 0.573 e. The van der Waals surface area contributed by atoms with E-state index in [-0.39, 0.29) is 12.2 Å². The van der Waals surface area contributed by atoms with Crippen molar-refractivity contribution in [1.82, 2.24) is 10.2 Å². The van der Waals surface area contributed by atoms with Crippen molar-refractivity contribution in [1.29, 1.82) is 0 Å². The van der Waals surface area contributed by atoms with Gasteiger partial charge in [-0.05, 0) is 66.9 Å². The molecule has 206 valence electrons. The molecule has 2 atom stereocenters. The Kier molecular flexibility index (Phi) is 8.92. The first-order valence-electron chi connectivity index (χ1n) is 12.3. The fourth-order valence-electron chi connectivity index (χ4n) is 4.11. The number of carbonyl (C=O) groups is 2. The van der Waals surface area contributed by atoms with Crippen molar-refractivity contribution >= 4 is 17.6 Å². The van der Waals surface area contributed by atoms with Gasteiger partial charge in [0.05, 0.1) is 12.1 Å². The Morgan fingerprint density at radius 3 is 2.28 bits per heavy atom. The molecule has 39 heavy (non-hydrogen) atoms. The Morgan fingerprint density at radius 2 is 1.62 bits per heavy atom. The minimum atomic E-state index is -4.81. The molecule has 1 aliphatic heterocycles. The predicted molar refractivity (Wildman–Crippen MR) is 137 cm³/mol. The topological polar surface area (TPSA) is 100 Å². The van der Waals surface area contributed by atoms with Crippen LogP contribution in [0.25, 0.3) is 0 Å². The molecule has 0 radical (unpaired) electrons. The summed E-state index contributed by atoms with van der Waals surface area (Å²) in [7, 11) is 0. The monoisotopic (exact) mass is 543 g/mol. The maximum absolute atomic E-state index is 12.9. The number of rotatable bonds is 7. The number of halogens is 3. The highest BCUT2D eigenvalue weighted by atomic mass is 19.4. The highest BCUT2D eigenvalue weighted by molar-refractivity contribution is 5.94. The normalized spacial score (nSPS) is 17.6. The van der Waals surface area contributed by atoms with E-state index in [2.05, 4.69) is 15.4 Å². The third-order valence-electron chi connectivity index (χ3n) is 6.12. The number of carbonyl (C=O) groups excluding carboxylic acids is 2. The molecule has 1 fully saturated rings. The van der Waals surface area contributed by atoms with Gasteiger partial charge in [-0.1, -0.05) is 30.3 Å². The summed E-state index contributed by atoms with van der Waals surface area (Å²) in [5.74, 6) is -0.209. The Bertz CT molecular complexity index is 1240. The number of anilines is 1. The highest BCUT2D eigenvalue weighted by Crippen LogP contribution is 2.24. The zero-order valence-electron chi connectivity index (χ0n) is 20.9. The van der Waals surface area contributed by atoms with Crippen LogP contribution in [0.1, 0.15) is 28.8 Å². The number of alkyl halides is 3. The number of ether oxygens (including phenoxy) is 2. The zero-order chi connectivity index (χ0) is 27.8. The quantitative estimate of drug-likeness (QED) is 0.392. The first kappa shape index (κ1) is 27.8. The minimum absolute atomic E-state index is 0.0479. The van der Waals surface area contributed by atoms with Gasteiger partial charge in [0.15, 0.2) is 0 Å². The third-order valence-corrected chi connectivity index (χ3v) is 6.12. The van der Waals surface area contributed by atoms with E-state index in [0.29, 0.717) is 37.3 Å². The number of urea groups is 1. The molecule has 0 aliphatic carbocycles. The van der Waals surface area contributed by atoms with Crippen LogP contribution in [0.5, 0.6) is 11.5 Å². The van der Waals surface area contributed by atoms with Crippen molar-refractivity contribution in [2.45, 2.75) is 38.0 Å². The van der Waals surface area contributed by atoms with Crippen molar-refractivity contribution in [2.75, 3.05) is 18.4 Å². The molecule has 0 bridgehead atoms. The van der Waals surface area contributed by atoms with Gasteiger partial charge in [0.1, 0.15) is 18.1 Å². The van der Waals surface area contributed by atoms with Gasteiger partial charge in [-0.25, -0.2) is 4.79 Å². The van der Waals surface area contributed by atoms with Crippen LogP contribution in [0.2, 0.25) is 0 Å². The van der Waals surface area contributed by atoms with Crippen molar-refractivity contribution < 1.29 is 37.3 Å². The first-order valence-corrected chi connectivity index (χ1v) is 12.3. The van der Waals surface area contributed by atoms with Gasteiger partial charge in [-0.15, -0.1) is 13.2 Å². The number of hydrogen-bond acceptors (Lipinski definition) is 5. The number of nitrogens with zero attached hydrogens (tertiary/aromatic N) is 1. The predicted octanol–water partition coefficient (Wildman–Crippen LogP) is 4.95. The lowest BCUT2D eigenvalue weighted by molar-refractivity contribution is -0.274. The lowest BCUT2D eigenvalue weighted by Crippen LogP contribution is -2.50. The van der Waals surface area contributed by atoms with Gasteiger partial charge < -0.3 is 30.1 Å². The summed E-state index contributed by atoms with van der Waals surface area (Å²) >= 11 is 0. The Hall–Kier alpha value is -4.25. The van der Waals surface area contributed by atoms with E-state index in [0.717, 1.165) is 17.7 Å². The molecule has 0 unspecified atom stereocenters. The standard InChI is InChI=1S/C28H28F3N3O5/c29-28(30,31)39-23-14-10-21(11-15-23)32-27(37)34-16-4-7-25(35)24(17-34)33-26(36)20-8-12-22(13-9-20)38-18-19-5-2-1-3-6-19/h1-3,5-6,8-15,24-25,35H,4,7,16-18H2,(H,32,37)(H,33,36)/t24-,25-/m1/s1. The number of likely N-dealkylation sites (tertiary alicyclic amines) is 1. The van der Waals surface area contributed by atoms with Crippen molar-refractivity contribution in [2.24, 2.45) is 0 Å². The van der Waals surface area contributed by atoms with Crippen LogP contribution in [0.3, 0.4) is 0 Å². The van der Waals surface area contributed by atoms with E-state index >= 15 is 0 Å². The first-order chi connectivity index (χ1) is 18.7. The van der Waals surface area contributed by atoms with E-state index in [4.69, 9.17) is 4.74 Å². The number of amides is 3. The van der Waals surface area contributed by atoms with Crippen LogP contribution in [0.15, 0.2) is 78.9 Å². The second-order valence-electron chi connectivity index (χ2n) is 9.04. The summed E-state index contributed by atoms with van der Waals surface area (Å²) < 4.78 is 46.6. The molecule has 3 amide bonds. The summed E-state index contributed by atoms with van der Waals surface area (Å²) in [6.07, 6.45) is -4.79. The number of nitrogens with one attached hydrogen (secondary N) is 2. The van der Waals surface area contributed by atoms with Gasteiger partial charge in [-0.2, -0.15) is 0 Å². The second kappa shape index (κ2) is 12.5. The van der Waals surface area contributed by atoms with E-state index in [1.807, 2.05) is 30.3 Å². The number of hydrogen-bond donors (Lipinski definition) is 3. The lowest BCUT2D eigenvalue weighted by atomic mass is 10.1. The second-order valence-corrected chi connectivity index (χ2v) is 9.04. The molecule has 1 saturated heterocycles. The maximum atomic E-state index is 12.9. The lowest BCUT2D eigenvalue weighted by Gasteiger charge is -2.27. The van der Waals surface area contributed by atoms with Crippen LogP contribution < -0.4 is 20.1 Å². The molecule has 3 N–H and O–H groups in total. The van der Waals surface area contributed by atoms with E-state index in [1.165, 1.54) is 17.0 Å². The van der Waals surface area contributed by atoms with E-state index in [9.17, 15) is 27.9 Å². The number of aliphatic hydroxyl groups is 1. The van der Waals surface area contributed by atoms with Gasteiger partial charge in [0, 0.05) is 24.3 Å². The average molecular weight is 544 g/mol. The average Bonchev–Trinajstić information content (AvgIpc) is 3.10. The summed E-state index contributed by atoms with van der Waals surface area (Å²) in [6, 6.07) is 19.8. The molecule has 0 spiro atoms. The summed E-state index contributed by atoms with van der Waals surface area (Å²) in [6.45, 7) is 0.772. The fraction of sp³-hybridized carbons (Fsp3) is 0.286. The third kappa shape index (κ3) is 8.37. The summed E-state index contributed by atoms with van der Waals surface area (Å²) in [5.41, 5.74) is 1.66. The minimum Gasteiger partial charge on any atom is -0.489 e. The molecule has 8 nitrogen and oxygen atoms in total. The van der Waals surface area contributed by atoms with Crippen molar-refractivity contribution in [3.8, 4) is 11.5 Å². The Labute approximate surface area is 223 Å². The van der Waals surface area contributed by atoms with Gasteiger partial charge >= 0.3 is 12.4 Å².